The fraction of sp³-hybridized carbons (Fsp3) is 0.522. The molecule has 0 spiro atoms. The third-order valence-corrected chi connectivity index (χ3v) is 4.77. The molecule has 1 fully saturated rings. The zero-order valence-electron chi connectivity index (χ0n) is 17.9. The number of hydrogen-bond donors (Lipinski definition) is 1. The van der Waals surface area contributed by atoms with Crippen molar-refractivity contribution in [2.24, 2.45) is 16.8 Å². The average Bonchev–Trinajstić information content (AvgIpc) is 2.89. The van der Waals surface area contributed by atoms with Crippen LogP contribution in [0.3, 0.4) is 0 Å². The van der Waals surface area contributed by atoms with Gasteiger partial charge in [-0.1, -0.05) is 51.7 Å². The molecule has 1 aliphatic rings. The SMILES string of the molecule is C=C(C)N(N)c1ccc(OC)c(F)c1.C=C(C)N=C(C)CC1CCCCCC1. The molecule has 1 aromatic carbocycles. The molecule has 5 heteroatoms. The highest BCUT2D eigenvalue weighted by atomic mass is 19.1. The number of halogens is 1. The Kier molecular flexibility index (Phi) is 10.5. The van der Waals surface area contributed by atoms with Gasteiger partial charge >= 0.3 is 0 Å². The predicted octanol–water partition coefficient (Wildman–Crippen LogP) is 6.39. The van der Waals surface area contributed by atoms with Crippen LogP contribution < -0.4 is 15.6 Å². The van der Waals surface area contributed by atoms with E-state index in [-0.39, 0.29) is 5.75 Å². The van der Waals surface area contributed by atoms with Crippen LogP contribution in [0.2, 0.25) is 0 Å². The second kappa shape index (κ2) is 12.3. The Morgan fingerprint density at radius 1 is 1.18 bits per heavy atom. The summed E-state index contributed by atoms with van der Waals surface area (Å²) in [5, 5.41) is 1.31. The van der Waals surface area contributed by atoms with Crippen LogP contribution in [0.1, 0.15) is 65.7 Å². The predicted molar refractivity (Wildman–Crippen MR) is 118 cm³/mol. The third-order valence-electron chi connectivity index (χ3n) is 4.77. The number of rotatable bonds is 6. The highest BCUT2D eigenvalue weighted by Gasteiger charge is 2.12. The lowest BCUT2D eigenvalue weighted by atomic mass is 9.94. The van der Waals surface area contributed by atoms with Gasteiger partial charge in [0.1, 0.15) is 0 Å². The van der Waals surface area contributed by atoms with Gasteiger partial charge in [-0.3, -0.25) is 10.0 Å². The molecule has 1 aliphatic carbocycles. The number of hydrazine groups is 1. The Hall–Kier alpha value is -2.14. The van der Waals surface area contributed by atoms with Crippen molar-refractivity contribution in [3.05, 3.63) is 48.6 Å². The molecular weight excluding hydrogens is 353 g/mol. The summed E-state index contributed by atoms with van der Waals surface area (Å²) < 4.78 is 18.0. The molecule has 0 atom stereocenters. The van der Waals surface area contributed by atoms with Crippen molar-refractivity contribution in [1.29, 1.82) is 0 Å². The first-order chi connectivity index (χ1) is 13.2. The lowest BCUT2D eigenvalue weighted by Gasteiger charge is -2.18. The fourth-order valence-corrected chi connectivity index (χ4v) is 3.38. The largest absolute Gasteiger partial charge is 0.494 e. The van der Waals surface area contributed by atoms with Gasteiger partial charge in [0.15, 0.2) is 11.6 Å². The normalized spacial score (nSPS) is 15.1. The van der Waals surface area contributed by atoms with Crippen LogP contribution in [0.5, 0.6) is 5.75 Å². The molecule has 0 bridgehead atoms. The van der Waals surface area contributed by atoms with E-state index in [9.17, 15) is 4.39 Å². The molecule has 28 heavy (non-hydrogen) atoms. The van der Waals surface area contributed by atoms with E-state index < -0.39 is 5.82 Å². The van der Waals surface area contributed by atoms with Crippen molar-refractivity contribution in [1.82, 2.24) is 0 Å². The second-order valence-corrected chi connectivity index (χ2v) is 7.57. The molecule has 0 saturated heterocycles. The van der Waals surface area contributed by atoms with Crippen LogP contribution in [0.4, 0.5) is 10.1 Å². The Bertz CT molecular complexity index is 676. The Morgan fingerprint density at radius 2 is 1.79 bits per heavy atom. The number of anilines is 1. The molecule has 0 aromatic heterocycles. The Morgan fingerprint density at radius 3 is 2.25 bits per heavy atom. The van der Waals surface area contributed by atoms with Crippen molar-refractivity contribution in [2.75, 3.05) is 12.1 Å². The molecule has 0 amide bonds. The third kappa shape index (κ3) is 8.70. The van der Waals surface area contributed by atoms with E-state index in [1.54, 1.807) is 13.0 Å². The van der Waals surface area contributed by atoms with E-state index in [4.69, 9.17) is 10.6 Å². The van der Waals surface area contributed by atoms with Crippen molar-refractivity contribution < 1.29 is 9.13 Å². The number of nitrogens with zero attached hydrogens (tertiary/aromatic N) is 2. The number of methoxy groups -OCH3 is 1. The zero-order chi connectivity index (χ0) is 21.1. The van der Waals surface area contributed by atoms with Gasteiger partial charge in [-0.15, -0.1) is 0 Å². The molecule has 156 valence electrons. The number of allylic oxidation sites excluding steroid dienone is 2. The van der Waals surface area contributed by atoms with Gasteiger partial charge in [0.25, 0.3) is 0 Å². The van der Waals surface area contributed by atoms with E-state index in [0.717, 1.165) is 11.6 Å². The number of aliphatic imine (C=N–C) groups is 1. The molecule has 0 aliphatic heterocycles. The van der Waals surface area contributed by atoms with Crippen LogP contribution in [0.15, 0.2) is 47.7 Å². The first-order valence-electron chi connectivity index (χ1n) is 9.98. The van der Waals surface area contributed by atoms with E-state index in [1.165, 1.54) is 74.9 Å². The lowest BCUT2D eigenvalue weighted by Crippen LogP contribution is -2.28. The summed E-state index contributed by atoms with van der Waals surface area (Å²) in [7, 11) is 1.41. The maximum absolute atomic E-state index is 13.2. The molecule has 0 radical (unpaired) electrons. The lowest BCUT2D eigenvalue weighted by molar-refractivity contribution is 0.386. The highest BCUT2D eigenvalue weighted by molar-refractivity contribution is 5.83. The van der Waals surface area contributed by atoms with E-state index in [1.807, 2.05) is 6.92 Å². The summed E-state index contributed by atoms with van der Waals surface area (Å²) in [5.41, 5.74) is 3.38. The zero-order valence-corrected chi connectivity index (χ0v) is 17.9. The molecule has 2 N–H and O–H groups in total. The molecule has 0 unspecified atom stereocenters. The van der Waals surface area contributed by atoms with Crippen LogP contribution >= 0.6 is 0 Å². The quantitative estimate of drug-likeness (QED) is 0.265. The topological polar surface area (TPSA) is 50.8 Å². The Labute approximate surface area is 170 Å². The monoisotopic (exact) mass is 389 g/mol. The van der Waals surface area contributed by atoms with Gasteiger partial charge in [0.2, 0.25) is 0 Å². The van der Waals surface area contributed by atoms with Crippen LogP contribution in [-0.4, -0.2) is 12.8 Å². The summed E-state index contributed by atoms with van der Waals surface area (Å²) in [4.78, 5) is 4.42. The van der Waals surface area contributed by atoms with Gasteiger partial charge in [0.05, 0.1) is 12.8 Å². The average molecular weight is 390 g/mol. The number of benzene rings is 1. The molecule has 0 heterocycles. The molecule has 2 rings (SSSR count). The smallest absolute Gasteiger partial charge is 0.167 e. The summed E-state index contributed by atoms with van der Waals surface area (Å²) in [6.45, 7) is 13.3. The maximum Gasteiger partial charge on any atom is 0.167 e. The van der Waals surface area contributed by atoms with E-state index >= 15 is 0 Å². The van der Waals surface area contributed by atoms with Gasteiger partial charge < -0.3 is 4.74 Å². The minimum absolute atomic E-state index is 0.198. The van der Waals surface area contributed by atoms with Gasteiger partial charge in [-0.05, 0) is 45.2 Å². The van der Waals surface area contributed by atoms with Gasteiger partial charge in [-0.25, -0.2) is 10.2 Å². The molecule has 1 aromatic rings. The number of ether oxygens (including phenoxy) is 1. The minimum Gasteiger partial charge on any atom is -0.494 e. The first kappa shape index (κ1) is 23.9. The van der Waals surface area contributed by atoms with E-state index in [2.05, 4.69) is 25.1 Å². The summed E-state index contributed by atoms with van der Waals surface area (Å²) in [6, 6.07) is 4.48. The first-order valence-corrected chi connectivity index (χ1v) is 9.98. The van der Waals surface area contributed by atoms with Crippen LogP contribution in [0, 0.1) is 11.7 Å². The molecular formula is C23H36FN3O. The van der Waals surface area contributed by atoms with Crippen molar-refractivity contribution in [3.63, 3.8) is 0 Å². The minimum atomic E-state index is -0.443. The van der Waals surface area contributed by atoms with Gasteiger partial charge in [-0.2, -0.15) is 0 Å². The Balaban J connectivity index is 0.000000280. The summed E-state index contributed by atoms with van der Waals surface area (Å²) in [5.74, 6) is 6.27. The second-order valence-electron chi connectivity index (χ2n) is 7.57. The maximum atomic E-state index is 13.2. The van der Waals surface area contributed by atoms with Crippen molar-refractivity contribution in [2.45, 2.75) is 65.7 Å². The summed E-state index contributed by atoms with van der Waals surface area (Å²) in [6.07, 6.45) is 9.72. The molecule has 4 nitrogen and oxygen atoms in total. The van der Waals surface area contributed by atoms with Crippen LogP contribution in [0.25, 0.3) is 0 Å². The van der Waals surface area contributed by atoms with Crippen LogP contribution in [-0.2, 0) is 0 Å². The van der Waals surface area contributed by atoms with Gasteiger partial charge in [0, 0.05) is 23.2 Å². The standard InChI is InChI=1S/C13H23N.C10H13FN2O/c1-11(2)14-12(3)10-13-8-6-4-5-7-9-13;1-7(2)13(12)8-4-5-10(14-3)9(11)6-8/h13H,1,4-10H2,2-3H3;4-6H,1,12H2,2-3H3. The van der Waals surface area contributed by atoms with Crippen molar-refractivity contribution >= 4 is 11.4 Å². The number of nitrogens with two attached hydrogens (primary N) is 1. The van der Waals surface area contributed by atoms with E-state index in [0.29, 0.717) is 11.4 Å². The summed E-state index contributed by atoms with van der Waals surface area (Å²) >= 11 is 0. The fourth-order valence-electron chi connectivity index (χ4n) is 3.38. The number of hydrogen-bond acceptors (Lipinski definition) is 4. The van der Waals surface area contributed by atoms with Crippen molar-refractivity contribution in [3.8, 4) is 5.75 Å². The molecule has 1 saturated carbocycles. The highest BCUT2D eigenvalue weighted by Crippen LogP contribution is 2.26.